The summed E-state index contributed by atoms with van der Waals surface area (Å²) in [6, 6.07) is 6.48. The van der Waals surface area contributed by atoms with Crippen molar-refractivity contribution in [1.29, 1.82) is 0 Å². The molecule has 0 aliphatic carbocycles. The van der Waals surface area contributed by atoms with E-state index in [9.17, 15) is 24.3 Å². The monoisotopic (exact) mass is 773 g/mol. The van der Waals surface area contributed by atoms with E-state index in [1.807, 2.05) is 32.0 Å². The summed E-state index contributed by atoms with van der Waals surface area (Å²) in [5.74, 6) is -3.80. The summed E-state index contributed by atoms with van der Waals surface area (Å²) in [4.78, 5) is 59.9. The zero-order valence-corrected chi connectivity index (χ0v) is 32.7. The highest BCUT2D eigenvalue weighted by Gasteiger charge is 2.77. The third-order valence-corrected chi connectivity index (χ3v) is 11.1. The van der Waals surface area contributed by atoms with Crippen molar-refractivity contribution in [2.45, 2.75) is 114 Å². The molecule has 3 heterocycles. The number of methoxy groups -OCH3 is 1. The number of rotatable bonds is 17. The number of benzene rings is 1. The van der Waals surface area contributed by atoms with Gasteiger partial charge in [0.1, 0.15) is 17.7 Å². The maximum Gasteiger partial charge on any atom is 0.313 e. The molecule has 1 unspecified atom stereocenters. The molecule has 12 heteroatoms. The number of alkyl halides is 1. The lowest BCUT2D eigenvalue weighted by molar-refractivity contribution is -0.163. The van der Waals surface area contributed by atoms with Gasteiger partial charge in [-0.2, -0.15) is 0 Å². The maximum absolute atomic E-state index is 15.0. The number of allylic oxidation sites excluding steroid dienone is 1. The normalized spacial score (nSPS) is 27.4. The van der Waals surface area contributed by atoms with Crippen molar-refractivity contribution in [2.24, 2.45) is 17.3 Å². The highest BCUT2D eigenvalue weighted by molar-refractivity contribution is 9.09. The van der Waals surface area contributed by atoms with Gasteiger partial charge in [-0.05, 0) is 51.0 Å². The van der Waals surface area contributed by atoms with Gasteiger partial charge in [0.25, 0.3) is 0 Å². The number of likely N-dealkylation sites (tertiary alicyclic amines) is 1. The summed E-state index contributed by atoms with van der Waals surface area (Å²) in [5, 5.41) is 13.3. The van der Waals surface area contributed by atoms with E-state index in [4.69, 9.17) is 14.2 Å². The molecule has 1 aromatic rings. The van der Waals surface area contributed by atoms with Crippen LogP contribution in [0.3, 0.4) is 0 Å². The van der Waals surface area contributed by atoms with Crippen molar-refractivity contribution in [3.63, 3.8) is 0 Å². The zero-order valence-electron chi connectivity index (χ0n) is 31.1. The number of hydrogen-bond donors (Lipinski definition) is 2. The van der Waals surface area contributed by atoms with Crippen molar-refractivity contribution < 1.29 is 38.5 Å². The molecule has 11 nitrogen and oxygen atoms in total. The molecular weight excluding hydrogens is 718 g/mol. The summed E-state index contributed by atoms with van der Waals surface area (Å²) in [6.07, 6.45) is 3.25. The van der Waals surface area contributed by atoms with Crippen LogP contribution in [0.15, 0.2) is 55.6 Å². The molecule has 3 fully saturated rings. The molecule has 3 aliphatic heterocycles. The fourth-order valence-electron chi connectivity index (χ4n) is 8.61. The molecule has 4 rings (SSSR count). The molecule has 0 radical (unpaired) electrons. The van der Waals surface area contributed by atoms with Crippen molar-refractivity contribution >= 4 is 39.6 Å². The predicted octanol–water partition coefficient (Wildman–Crippen LogP) is 4.73. The highest BCUT2D eigenvalue weighted by Crippen LogP contribution is 2.61. The van der Waals surface area contributed by atoms with Crippen LogP contribution in [0.1, 0.15) is 78.9 Å². The highest BCUT2D eigenvalue weighted by atomic mass is 79.9. The van der Waals surface area contributed by atoms with E-state index < -0.39 is 65.2 Å². The number of nitrogens with zero attached hydrogens (tertiary/aromatic N) is 2. The Hall–Kier alpha value is -3.06. The Bertz CT molecular complexity index is 1450. The average Bonchev–Trinajstić information content (AvgIpc) is 3.66. The maximum atomic E-state index is 15.0. The minimum absolute atomic E-state index is 0.0481. The smallest absolute Gasteiger partial charge is 0.313 e. The Kier molecular flexibility index (Phi) is 13.0. The fraction of sp³-hybridized carbons (Fsp3) is 0.641. The minimum Gasteiger partial charge on any atom is -0.455 e. The predicted molar refractivity (Wildman–Crippen MR) is 198 cm³/mol. The summed E-state index contributed by atoms with van der Waals surface area (Å²) < 4.78 is 18.5. The number of esters is 1. The molecule has 3 aliphatic rings. The van der Waals surface area contributed by atoms with Crippen LogP contribution >= 0.6 is 15.9 Å². The Morgan fingerprint density at radius 1 is 1.18 bits per heavy atom. The van der Waals surface area contributed by atoms with E-state index in [1.165, 1.54) is 12.0 Å². The van der Waals surface area contributed by atoms with Crippen LogP contribution < -0.4 is 5.32 Å². The van der Waals surface area contributed by atoms with Crippen molar-refractivity contribution in [2.75, 3.05) is 26.9 Å². The first-order chi connectivity index (χ1) is 24.0. The van der Waals surface area contributed by atoms with Crippen LogP contribution in [-0.2, 0) is 33.4 Å². The molecule has 1 spiro atoms. The molecule has 1 aromatic carbocycles. The van der Waals surface area contributed by atoms with Gasteiger partial charge in [0.2, 0.25) is 17.7 Å². The molecule has 282 valence electrons. The van der Waals surface area contributed by atoms with E-state index in [0.717, 1.165) is 0 Å². The van der Waals surface area contributed by atoms with Crippen LogP contribution in [0.5, 0.6) is 0 Å². The summed E-state index contributed by atoms with van der Waals surface area (Å²) in [6.45, 7) is 19.5. The molecule has 0 aromatic heterocycles. The summed E-state index contributed by atoms with van der Waals surface area (Å²) in [5.41, 5.74) is -1.47. The number of nitrogens with one attached hydrogen (secondary N) is 1. The molecule has 3 amide bonds. The lowest BCUT2D eigenvalue weighted by Gasteiger charge is -2.46. The van der Waals surface area contributed by atoms with Gasteiger partial charge < -0.3 is 34.4 Å². The van der Waals surface area contributed by atoms with E-state index >= 15 is 0 Å². The number of amides is 3. The van der Waals surface area contributed by atoms with Gasteiger partial charge in [-0.1, -0.05) is 79.2 Å². The molecule has 51 heavy (non-hydrogen) atoms. The van der Waals surface area contributed by atoms with Gasteiger partial charge in [0.15, 0.2) is 0 Å². The largest absolute Gasteiger partial charge is 0.455 e. The molecule has 3 saturated heterocycles. The first-order valence-electron chi connectivity index (χ1n) is 17.8. The van der Waals surface area contributed by atoms with Crippen LogP contribution in [0, 0.1) is 17.3 Å². The number of hydrogen-bond acceptors (Lipinski definition) is 8. The quantitative estimate of drug-likeness (QED) is 0.132. The average molecular weight is 775 g/mol. The topological polar surface area (TPSA) is 135 Å². The second-order valence-electron chi connectivity index (χ2n) is 16.0. The Labute approximate surface area is 311 Å². The molecule has 2 N–H and O–H groups in total. The SMILES string of the molecule is C=CCCC(=O)N[C@@H](COC)[C@@H](OC(=O)[C@@H]1[C@H]2O[C@@]3(CC2Br)[C@H](C(=O)N(CC=C)C(C)(C)CC(C)(C)C)N([C@H](C)CO)C(=O)[C@@H]13)c1ccccc1. The fourth-order valence-corrected chi connectivity index (χ4v) is 9.55. The van der Waals surface area contributed by atoms with E-state index in [-0.39, 0.29) is 48.2 Å². The minimum atomic E-state index is -1.36. The molecule has 9 atom stereocenters. The van der Waals surface area contributed by atoms with Crippen LogP contribution in [0.2, 0.25) is 0 Å². The lowest BCUT2D eigenvalue weighted by Crippen LogP contribution is -2.62. The number of ether oxygens (including phenoxy) is 3. The van der Waals surface area contributed by atoms with Crippen LogP contribution in [-0.4, -0.2) is 106 Å². The number of carbonyl (C=O) groups excluding carboxylic acids is 4. The van der Waals surface area contributed by atoms with Gasteiger partial charge in [-0.25, -0.2) is 0 Å². The number of halogens is 1. The van der Waals surface area contributed by atoms with Gasteiger partial charge in [-0.3, -0.25) is 19.2 Å². The third-order valence-electron chi connectivity index (χ3n) is 10.2. The first kappa shape index (κ1) is 40.7. The molecular formula is C39H56BrN3O8. The Balaban J connectivity index is 1.76. The summed E-state index contributed by atoms with van der Waals surface area (Å²) in [7, 11) is 1.50. The van der Waals surface area contributed by atoms with Crippen LogP contribution in [0.4, 0.5) is 0 Å². The standard InChI is InChI=1S/C39H56BrN3O8/c1-10-12-18-28(45)41-27(22-49-9)31(25-16-14-13-15-17-25)50-36(48)29-30-34(46)43(24(3)21-44)33(39(30)20-26(40)32(29)51-39)35(47)42(19-11-2)38(7,8)23-37(4,5)6/h10-11,13-17,24,26-27,29-33,44H,1-2,12,18-23H2,3-9H3,(H,41,45)/t24-,26?,27+,29+,30-,31+,32+,33+,39-/m1/s1. The van der Waals surface area contributed by atoms with E-state index in [2.05, 4.69) is 55.2 Å². The van der Waals surface area contributed by atoms with E-state index in [1.54, 1.807) is 36.1 Å². The molecule has 0 saturated carbocycles. The lowest BCUT2D eigenvalue weighted by atomic mass is 9.70. The third kappa shape index (κ3) is 8.29. The molecule has 2 bridgehead atoms. The van der Waals surface area contributed by atoms with Crippen molar-refractivity contribution in [3.8, 4) is 0 Å². The van der Waals surface area contributed by atoms with E-state index in [0.29, 0.717) is 24.8 Å². The number of fused-ring (bicyclic) bond motifs is 1. The zero-order chi connectivity index (χ0) is 37.9. The second-order valence-corrected chi connectivity index (χ2v) is 17.1. The summed E-state index contributed by atoms with van der Waals surface area (Å²) >= 11 is 3.74. The van der Waals surface area contributed by atoms with Crippen molar-refractivity contribution in [3.05, 3.63) is 61.2 Å². The Morgan fingerprint density at radius 2 is 1.84 bits per heavy atom. The van der Waals surface area contributed by atoms with Gasteiger partial charge >= 0.3 is 5.97 Å². The number of aliphatic hydroxyl groups excluding tert-OH is 1. The van der Waals surface area contributed by atoms with Gasteiger partial charge in [0, 0.05) is 30.4 Å². The van der Waals surface area contributed by atoms with Crippen LogP contribution in [0.25, 0.3) is 0 Å². The first-order valence-corrected chi connectivity index (χ1v) is 18.7. The van der Waals surface area contributed by atoms with Crippen molar-refractivity contribution in [1.82, 2.24) is 15.1 Å². The Morgan fingerprint density at radius 3 is 2.41 bits per heavy atom. The number of carbonyl (C=O) groups is 4. The number of aliphatic hydroxyl groups is 1. The second kappa shape index (κ2) is 16.3. The van der Waals surface area contributed by atoms with Gasteiger partial charge in [0.05, 0.1) is 43.2 Å². The van der Waals surface area contributed by atoms with Gasteiger partial charge in [-0.15, -0.1) is 13.2 Å².